The van der Waals surface area contributed by atoms with Gasteiger partial charge in [-0.25, -0.2) is 0 Å². The maximum Gasteiger partial charge on any atom is 0.302 e. The first kappa shape index (κ1) is 16.1. The Labute approximate surface area is 105 Å². The molecule has 0 spiro atoms. The van der Waals surface area contributed by atoms with Gasteiger partial charge in [-0.2, -0.15) is 0 Å². The average molecular weight is 241 g/mol. The maximum atomic E-state index is 10.5. The lowest BCUT2D eigenvalue weighted by molar-refractivity contribution is -0.141. The topological polar surface area (TPSA) is 43.4 Å². The van der Waals surface area contributed by atoms with Crippen LogP contribution >= 0.6 is 0 Å². The SMILES string of the molecule is CC(=O)OCCCCCCCCCCC[C]=O. The number of hydrogen-bond donors (Lipinski definition) is 0. The molecule has 0 saturated carbocycles. The number of unbranched alkanes of at least 4 members (excludes halogenated alkanes) is 9. The molecule has 0 aliphatic heterocycles. The van der Waals surface area contributed by atoms with Gasteiger partial charge in [0.1, 0.15) is 0 Å². The molecule has 3 nitrogen and oxygen atoms in total. The van der Waals surface area contributed by atoms with Gasteiger partial charge in [0.25, 0.3) is 0 Å². The van der Waals surface area contributed by atoms with Gasteiger partial charge in [-0.3, -0.25) is 9.59 Å². The molecule has 3 heteroatoms. The number of esters is 1. The van der Waals surface area contributed by atoms with Gasteiger partial charge < -0.3 is 4.74 Å². The van der Waals surface area contributed by atoms with Crippen molar-refractivity contribution >= 4 is 12.3 Å². The second-order valence-electron chi connectivity index (χ2n) is 4.42. The van der Waals surface area contributed by atoms with Crippen LogP contribution in [0.1, 0.15) is 71.1 Å². The van der Waals surface area contributed by atoms with Crippen LogP contribution < -0.4 is 0 Å². The zero-order valence-corrected chi connectivity index (χ0v) is 11.0. The summed E-state index contributed by atoms with van der Waals surface area (Å²) in [5.74, 6) is -0.183. The van der Waals surface area contributed by atoms with Gasteiger partial charge in [0.05, 0.1) is 6.61 Å². The van der Waals surface area contributed by atoms with Gasteiger partial charge in [0.15, 0.2) is 6.29 Å². The van der Waals surface area contributed by atoms with E-state index in [1.807, 2.05) is 6.29 Å². The lowest BCUT2D eigenvalue weighted by Gasteiger charge is -2.02. The van der Waals surface area contributed by atoms with Crippen LogP contribution in [-0.2, 0) is 14.3 Å². The molecule has 0 aliphatic rings. The molecule has 0 heterocycles. The Morgan fingerprint density at radius 3 is 1.82 bits per heavy atom. The molecule has 0 N–H and O–H groups in total. The minimum Gasteiger partial charge on any atom is -0.466 e. The first-order valence-corrected chi connectivity index (χ1v) is 6.75. The fourth-order valence-electron chi connectivity index (χ4n) is 1.75. The van der Waals surface area contributed by atoms with E-state index in [2.05, 4.69) is 0 Å². The molecule has 0 aliphatic carbocycles. The number of carbonyl (C=O) groups is 1. The van der Waals surface area contributed by atoms with Crippen molar-refractivity contribution in [3.05, 3.63) is 0 Å². The molecular formula is C14H25O3. The average Bonchev–Trinajstić information content (AvgIpc) is 2.30. The molecular weight excluding hydrogens is 216 g/mol. The fraction of sp³-hybridized carbons (Fsp3) is 0.857. The smallest absolute Gasteiger partial charge is 0.302 e. The van der Waals surface area contributed by atoms with E-state index in [0.29, 0.717) is 13.0 Å². The fourth-order valence-corrected chi connectivity index (χ4v) is 1.75. The second kappa shape index (κ2) is 13.2. The van der Waals surface area contributed by atoms with Gasteiger partial charge in [0.2, 0.25) is 0 Å². The molecule has 0 aromatic rings. The standard InChI is InChI=1S/C14H25O3/c1-14(16)17-13-11-9-7-5-3-2-4-6-8-10-12-15/h2-11,13H2,1H3. The van der Waals surface area contributed by atoms with Gasteiger partial charge in [-0.1, -0.05) is 44.9 Å². The number of hydrogen-bond acceptors (Lipinski definition) is 3. The van der Waals surface area contributed by atoms with E-state index in [4.69, 9.17) is 4.74 Å². The Balaban J connectivity index is 2.94. The Hall–Kier alpha value is -0.860. The van der Waals surface area contributed by atoms with Crippen LogP contribution in [-0.4, -0.2) is 18.9 Å². The summed E-state index contributed by atoms with van der Waals surface area (Å²) in [5, 5.41) is 0. The van der Waals surface area contributed by atoms with Crippen LogP contribution in [0.4, 0.5) is 0 Å². The van der Waals surface area contributed by atoms with E-state index in [1.165, 1.54) is 39.0 Å². The highest BCUT2D eigenvalue weighted by Gasteiger charge is 1.94. The summed E-state index contributed by atoms with van der Waals surface area (Å²) in [6.07, 6.45) is 13.1. The van der Waals surface area contributed by atoms with Crippen molar-refractivity contribution < 1.29 is 14.3 Å². The lowest BCUT2D eigenvalue weighted by atomic mass is 10.1. The van der Waals surface area contributed by atoms with Gasteiger partial charge in [0, 0.05) is 13.3 Å². The summed E-state index contributed by atoms with van der Waals surface area (Å²) < 4.78 is 4.85. The Kier molecular flexibility index (Phi) is 12.5. The highest BCUT2D eigenvalue weighted by Crippen LogP contribution is 2.10. The molecule has 0 amide bonds. The number of ether oxygens (including phenoxy) is 1. The summed E-state index contributed by atoms with van der Waals surface area (Å²) in [6, 6.07) is 0. The molecule has 17 heavy (non-hydrogen) atoms. The molecule has 0 rings (SSSR count). The first-order valence-electron chi connectivity index (χ1n) is 6.75. The van der Waals surface area contributed by atoms with E-state index < -0.39 is 0 Å². The van der Waals surface area contributed by atoms with Crippen molar-refractivity contribution in [3.63, 3.8) is 0 Å². The van der Waals surface area contributed by atoms with Crippen LogP contribution in [0.25, 0.3) is 0 Å². The van der Waals surface area contributed by atoms with E-state index in [9.17, 15) is 9.59 Å². The number of carbonyl (C=O) groups excluding carboxylic acids is 2. The third-order valence-electron chi connectivity index (χ3n) is 2.73. The van der Waals surface area contributed by atoms with Crippen molar-refractivity contribution in [2.24, 2.45) is 0 Å². The normalized spacial score (nSPS) is 10.2. The predicted molar refractivity (Wildman–Crippen MR) is 68.5 cm³/mol. The molecule has 0 aromatic carbocycles. The molecule has 0 fully saturated rings. The van der Waals surface area contributed by atoms with E-state index in [-0.39, 0.29) is 5.97 Å². The molecule has 0 bridgehead atoms. The van der Waals surface area contributed by atoms with Crippen molar-refractivity contribution in [1.82, 2.24) is 0 Å². The van der Waals surface area contributed by atoms with E-state index in [1.54, 1.807) is 0 Å². The van der Waals surface area contributed by atoms with Crippen LogP contribution in [0.15, 0.2) is 0 Å². The van der Waals surface area contributed by atoms with Crippen molar-refractivity contribution in [2.45, 2.75) is 71.1 Å². The molecule has 1 radical (unpaired) electrons. The highest BCUT2D eigenvalue weighted by molar-refractivity contribution is 5.65. The van der Waals surface area contributed by atoms with Crippen molar-refractivity contribution in [1.29, 1.82) is 0 Å². The number of rotatable bonds is 12. The Bertz CT molecular complexity index is 190. The molecule has 0 aromatic heterocycles. The van der Waals surface area contributed by atoms with Crippen LogP contribution in [0, 0.1) is 0 Å². The Morgan fingerprint density at radius 2 is 1.35 bits per heavy atom. The van der Waals surface area contributed by atoms with E-state index in [0.717, 1.165) is 25.7 Å². The lowest BCUT2D eigenvalue weighted by Crippen LogP contribution is -2.00. The van der Waals surface area contributed by atoms with Gasteiger partial charge in [-0.05, 0) is 12.8 Å². The molecule has 0 atom stereocenters. The third-order valence-corrected chi connectivity index (χ3v) is 2.73. The molecule has 0 unspecified atom stereocenters. The highest BCUT2D eigenvalue weighted by atomic mass is 16.5. The minimum absolute atomic E-state index is 0.183. The van der Waals surface area contributed by atoms with Crippen LogP contribution in [0.2, 0.25) is 0 Å². The molecule has 0 saturated heterocycles. The second-order valence-corrected chi connectivity index (χ2v) is 4.42. The molecule has 99 valence electrons. The summed E-state index contributed by atoms with van der Waals surface area (Å²) in [7, 11) is 0. The minimum atomic E-state index is -0.183. The summed E-state index contributed by atoms with van der Waals surface area (Å²) >= 11 is 0. The summed E-state index contributed by atoms with van der Waals surface area (Å²) in [4.78, 5) is 20.4. The van der Waals surface area contributed by atoms with Crippen molar-refractivity contribution in [3.8, 4) is 0 Å². The van der Waals surface area contributed by atoms with Crippen LogP contribution in [0.3, 0.4) is 0 Å². The zero-order chi connectivity index (χ0) is 12.8. The quantitative estimate of drug-likeness (QED) is 0.387. The summed E-state index contributed by atoms with van der Waals surface area (Å²) in [5.41, 5.74) is 0. The summed E-state index contributed by atoms with van der Waals surface area (Å²) in [6.45, 7) is 2.01. The third kappa shape index (κ3) is 15.1. The van der Waals surface area contributed by atoms with Crippen LogP contribution in [0.5, 0.6) is 0 Å². The van der Waals surface area contributed by atoms with E-state index >= 15 is 0 Å². The monoisotopic (exact) mass is 241 g/mol. The largest absolute Gasteiger partial charge is 0.466 e. The van der Waals surface area contributed by atoms with Gasteiger partial charge >= 0.3 is 5.97 Å². The maximum absolute atomic E-state index is 10.5. The van der Waals surface area contributed by atoms with Crippen molar-refractivity contribution in [2.75, 3.05) is 6.61 Å². The van der Waals surface area contributed by atoms with Gasteiger partial charge in [-0.15, -0.1) is 0 Å². The zero-order valence-electron chi connectivity index (χ0n) is 11.0. The Morgan fingerprint density at radius 1 is 0.882 bits per heavy atom. The predicted octanol–water partition coefficient (Wildman–Crippen LogP) is 3.56. The first-order chi connectivity index (χ1) is 8.27.